The number of ether oxygens (including phenoxy) is 12. The smallest absolute Gasteiger partial charge is 0.331 e. The fraction of sp³-hybridized carbons (Fsp3) is 0.382. The van der Waals surface area contributed by atoms with E-state index in [9.17, 15) is 75.3 Å². The molecule has 446 valence electrons. The number of carboxylic acids is 1. The zero-order valence-electron chi connectivity index (χ0n) is 43.7. The summed E-state index contributed by atoms with van der Waals surface area (Å²) in [5.74, 6) is -6.50. The van der Waals surface area contributed by atoms with Gasteiger partial charge in [0.2, 0.25) is 12.6 Å². The number of esters is 3. The second kappa shape index (κ2) is 26.8. The van der Waals surface area contributed by atoms with Crippen molar-refractivity contribution in [1.29, 1.82) is 0 Å². The number of hydrogen-bond donors (Lipinski definition) is 12. The molecule has 4 heterocycles. The van der Waals surface area contributed by atoms with Gasteiger partial charge in [0, 0.05) is 29.8 Å². The van der Waals surface area contributed by atoms with Crippen molar-refractivity contribution >= 4 is 42.1 Å². The summed E-state index contributed by atoms with van der Waals surface area (Å²) in [7, 11) is 2.64. The van der Waals surface area contributed by atoms with E-state index < -0.39 is 148 Å². The number of phenolic OH excluding ortho intramolecular Hbond substituents is 4. The number of methoxy groups -OCH3 is 2. The first-order valence-corrected chi connectivity index (χ1v) is 25.2. The van der Waals surface area contributed by atoms with E-state index in [0.717, 1.165) is 24.3 Å². The van der Waals surface area contributed by atoms with Gasteiger partial charge in [-0.15, -0.1) is 0 Å². The van der Waals surface area contributed by atoms with E-state index in [1.807, 2.05) is 0 Å². The molecule has 4 aliphatic heterocycles. The molecule has 4 aromatic rings. The van der Waals surface area contributed by atoms with Crippen molar-refractivity contribution in [2.75, 3.05) is 34.0 Å². The Balaban J connectivity index is 1.13. The predicted molar refractivity (Wildman–Crippen MR) is 275 cm³/mol. The largest absolute Gasteiger partial charge is 0.508 e. The number of rotatable bonds is 20. The number of aliphatic hydroxyl groups is 7. The number of benzene rings is 4. The van der Waals surface area contributed by atoms with Crippen molar-refractivity contribution in [3.05, 3.63) is 113 Å². The topological polar surface area (TPSA) is 422 Å². The van der Waals surface area contributed by atoms with Crippen molar-refractivity contribution in [2.45, 2.75) is 98.5 Å². The Labute approximate surface area is 469 Å². The first-order chi connectivity index (χ1) is 39.6. The third-order valence-corrected chi connectivity index (χ3v) is 13.2. The lowest BCUT2D eigenvalue weighted by atomic mass is 9.97. The molecule has 4 aromatic carbocycles. The van der Waals surface area contributed by atoms with Gasteiger partial charge in [0.15, 0.2) is 47.6 Å². The highest BCUT2D eigenvalue weighted by Crippen LogP contribution is 2.46. The van der Waals surface area contributed by atoms with Gasteiger partial charge in [-0.05, 0) is 65.8 Å². The number of hydrogen-bond acceptors (Lipinski definition) is 27. The van der Waals surface area contributed by atoms with Gasteiger partial charge in [0.1, 0.15) is 103 Å². The molecule has 83 heavy (non-hydrogen) atoms. The summed E-state index contributed by atoms with van der Waals surface area (Å²) < 4.78 is 68.9. The van der Waals surface area contributed by atoms with Crippen molar-refractivity contribution < 1.29 is 137 Å². The van der Waals surface area contributed by atoms with Crippen LogP contribution in [0.3, 0.4) is 0 Å². The summed E-state index contributed by atoms with van der Waals surface area (Å²) in [5, 5.41) is 128. The van der Waals surface area contributed by atoms with E-state index in [1.54, 1.807) is 0 Å². The molecule has 0 spiro atoms. The van der Waals surface area contributed by atoms with Crippen molar-refractivity contribution in [2.24, 2.45) is 0 Å². The minimum absolute atomic E-state index is 0.0804. The summed E-state index contributed by atoms with van der Waals surface area (Å²) in [5.41, 5.74) is 0.907. The Morgan fingerprint density at radius 1 is 0.602 bits per heavy atom. The SMILES string of the molecule is COc1cc(C=CC(=O)OCC2OC(OC3=Cc4c(cc(O)cc4OC4OC(COC(=O)CC(=O)O)C(O)C(O)C4O)OC3c3ccc(O)cc3)C(OC3OCC(O)C(O)C3OC(=O)C=Cc3ccc(O)c(OC)c3)C(O)C2O)ccc1O. The van der Waals surface area contributed by atoms with Crippen LogP contribution in [0.5, 0.6) is 46.0 Å². The van der Waals surface area contributed by atoms with Crippen LogP contribution in [0, 0.1) is 0 Å². The standard InChI is InChI=1S/C55H58O28/c1-72-35-15-24(3-11-30(35)58)5-13-41(63)74-22-39-46(68)48(70)52(83-54-51(44(66)32(60)21-76-54)82-42(64)14-6-25-4-12-31(59)36(16-25)73-2)55(81-39)79-37-19-29-33(77-50(37)26-7-9-27(56)10-8-26)17-28(57)18-34(29)78-53-49(71)47(69)45(67)38(80-53)23-75-43(65)20-40(61)62/h3-19,32,38-39,44-60,66-71H,20-23H2,1-2H3,(H,61,62). The zero-order valence-corrected chi connectivity index (χ0v) is 43.7. The zero-order chi connectivity index (χ0) is 59.8. The molecule has 0 aromatic heterocycles. The monoisotopic (exact) mass is 1170 g/mol. The molecule has 0 aliphatic carbocycles. The van der Waals surface area contributed by atoms with Gasteiger partial charge < -0.3 is 118 Å². The molecule has 0 bridgehead atoms. The second-order valence-electron chi connectivity index (χ2n) is 18.9. The van der Waals surface area contributed by atoms with Crippen LogP contribution in [0.25, 0.3) is 18.2 Å². The molecule has 0 saturated carbocycles. The fourth-order valence-corrected chi connectivity index (χ4v) is 8.82. The molecule has 28 heteroatoms. The van der Waals surface area contributed by atoms with E-state index in [2.05, 4.69) is 0 Å². The molecule has 8 rings (SSSR count). The maximum absolute atomic E-state index is 13.4. The van der Waals surface area contributed by atoms with Crippen LogP contribution in [0.15, 0.2) is 90.7 Å². The van der Waals surface area contributed by atoms with Gasteiger partial charge in [-0.25, -0.2) is 9.59 Å². The average molecular weight is 1170 g/mol. The Bertz CT molecular complexity index is 3050. The van der Waals surface area contributed by atoms with Gasteiger partial charge in [0.25, 0.3) is 0 Å². The maximum atomic E-state index is 13.4. The first-order valence-electron chi connectivity index (χ1n) is 25.2. The quantitative estimate of drug-likeness (QED) is 0.0240. The number of carbonyl (C=O) groups excluding carboxylic acids is 3. The molecule has 3 saturated heterocycles. The number of phenols is 4. The molecule has 15 unspecified atom stereocenters. The van der Waals surface area contributed by atoms with Crippen LogP contribution in [-0.4, -0.2) is 205 Å². The molecule has 3 fully saturated rings. The van der Waals surface area contributed by atoms with Gasteiger partial charge in [-0.1, -0.05) is 24.3 Å². The maximum Gasteiger partial charge on any atom is 0.331 e. The summed E-state index contributed by atoms with van der Waals surface area (Å²) in [6.07, 6.45) is -23.2. The summed E-state index contributed by atoms with van der Waals surface area (Å²) in [4.78, 5) is 49.6. The van der Waals surface area contributed by atoms with Gasteiger partial charge >= 0.3 is 23.9 Å². The van der Waals surface area contributed by atoms with E-state index in [-0.39, 0.29) is 57.1 Å². The third-order valence-electron chi connectivity index (χ3n) is 13.2. The molecule has 12 N–H and O–H groups in total. The third kappa shape index (κ3) is 14.7. The van der Waals surface area contributed by atoms with E-state index in [1.165, 1.54) is 93.1 Å². The lowest BCUT2D eigenvalue weighted by Crippen LogP contribution is -2.63. The molecule has 28 nitrogen and oxygen atoms in total. The minimum atomic E-state index is -2.12. The number of aliphatic carboxylic acids is 1. The predicted octanol–water partition coefficient (Wildman–Crippen LogP) is 0.0135. The average Bonchev–Trinajstić information content (AvgIpc) is 3.62. The highest BCUT2D eigenvalue weighted by molar-refractivity contribution is 5.90. The van der Waals surface area contributed by atoms with Crippen molar-refractivity contribution in [3.8, 4) is 46.0 Å². The Morgan fingerprint density at radius 3 is 1.83 bits per heavy atom. The molecular weight excluding hydrogens is 1110 g/mol. The van der Waals surface area contributed by atoms with Crippen LogP contribution in [-0.2, 0) is 57.1 Å². The Hall–Kier alpha value is -8.26. The van der Waals surface area contributed by atoms with E-state index >= 15 is 0 Å². The molecular formula is C55H58O28. The number of carbonyl (C=O) groups is 4. The van der Waals surface area contributed by atoms with Crippen LogP contribution in [0.4, 0.5) is 0 Å². The molecule has 0 amide bonds. The lowest BCUT2D eigenvalue weighted by Gasteiger charge is -2.45. The second-order valence-corrected chi connectivity index (χ2v) is 18.9. The van der Waals surface area contributed by atoms with Gasteiger partial charge in [0.05, 0.1) is 26.4 Å². The molecule has 0 radical (unpaired) electrons. The van der Waals surface area contributed by atoms with Crippen molar-refractivity contribution in [1.82, 2.24) is 0 Å². The normalized spacial score (nSPS) is 28.7. The summed E-state index contributed by atoms with van der Waals surface area (Å²) >= 11 is 0. The highest BCUT2D eigenvalue weighted by atomic mass is 16.8. The Kier molecular flexibility index (Phi) is 19.6. The van der Waals surface area contributed by atoms with E-state index in [4.69, 9.17) is 61.9 Å². The fourth-order valence-electron chi connectivity index (χ4n) is 8.82. The lowest BCUT2D eigenvalue weighted by molar-refractivity contribution is -0.353. The molecule has 4 aliphatic rings. The number of aromatic hydroxyl groups is 4. The summed E-state index contributed by atoms with van der Waals surface area (Å²) in [6, 6.07) is 15.9. The van der Waals surface area contributed by atoms with Crippen LogP contribution >= 0.6 is 0 Å². The number of aliphatic hydroxyl groups excluding tert-OH is 7. The number of fused-ring (bicyclic) bond motifs is 1. The minimum Gasteiger partial charge on any atom is -0.508 e. The first kappa shape index (κ1) is 60.8. The van der Waals surface area contributed by atoms with Gasteiger partial charge in [-0.2, -0.15) is 0 Å². The Morgan fingerprint density at radius 2 is 1.20 bits per heavy atom. The summed E-state index contributed by atoms with van der Waals surface area (Å²) in [6.45, 7) is -2.23. The molecule has 15 atom stereocenters. The van der Waals surface area contributed by atoms with Crippen molar-refractivity contribution in [3.63, 3.8) is 0 Å². The van der Waals surface area contributed by atoms with Gasteiger partial charge in [-0.3, -0.25) is 9.59 Å². The number of carboxylic acid groups (broad SMARTS) is 1. The van der Waals surface area contributed by atoms with E-state index in [0.29, 0.717) is 11.1 Å². The van der Waals surface area contributed by atoms with Crippen LogP contribution in [0.1, 0.15) is 34.8 Å². The van der Waals surface area contributed by atoms with Crippen LogP contribution in [0.2, 0.25) is 0 Å². The highest BCUT2D eigenvalue weighted by Gasteiger charge is 2.52. The van der Waals surface area contributed by atoms with Crippen LogP contribution < -0.4 is 18.9 Å².